The molecule has 11 heteroatoms. The average Bonchev–Trinajstić information content (AvgIpc) is 3.65. The second-order valence-corrected chi connectivity index (χ2v) is 10.1. The van der Waals surface area contributed by atoms with Gasteiger partial charge in [0, 0.05) is 29.7 Å². The Balaban J connectivity index is 1.22. The molecule has 4 aromatic rings. The number of carbonyl (C=O) groups is 3. The number of nitrogens with zero attached hydrogens (tertiary/aromatic N) is 2. The fraction of sp³-hybridized carbons (Fsp3) is 0.194. The van der Waals surface area contributed by atoms with Crippen LogP contribution in [0.1, 0.15) is 65.9 Å². The number of amides is 2. The van der Waals surface area contributed by atoms with E-state index in [1.165, 1.54) is 30.3 Å². The van der Waals surface area contributed by atoms with Crippen LogP contribution in [0.2, 0.25) is 0 Å². The summed E-state index contributed by atoms with van der Waals surface area (Å²) in [5, 5.41) is 9.62. The SMILES string of the molecule is Cc1c(C(=O)C2=C[CH]2)ccc2c1CC[C@@H]2NC(=O)c1cc(C(=O)NCc2cccc(OC(F)F)c2)cc2c(F)cnn12. The van der Waals surface area contributed by atoms with Crippen molar-refractivity contribution in [2.45, 2.75) is 39.0 Å². The summed E-state index contributed by atoms with van der Waals surface area (Å²) < 4.78 is 45.2. The third kappa shape index (κ3) is 5.25. The Morgan fingerprint density at radius 3 is 2.69 bits per heavy atom. The Labute approximate surface area is 238 Å². The monoisotopic (exact) mass is 573 g/mol. The van der Waals surface area contributed by atoms with Crippen molar-refractivity contribution in [2.24, 2.45) is 0 Å². The van der Waals surface area contributed by atoms with Gasteiger partial charge in [-0.2, -0.15) is 13.9 Å². The molecule has 2 amide bonds. The zero-order valence-corrected chi connectivity index (χ0v) is 22.3. The number of hydrogen-bond acceptors (Lipinski definition) is 5. The zero-order chi connectivity index (χ0) is 29.5. The van der Waals surface area contributed by atoms with E-state index in [0.717, 1.165) is 27.4 Å². The van der Waals surface area contributed by atoms with Crippen molar-refractivity contribution in [2.75, 3.05) is 0 Å². The van der Waals surface area contributed by atoms with Crippen molar-refractivity contribution in [1.82, 2.24) is 20.2 Å². The predicted octanol–water partition coefficient (Wildman–Crippen LogP) is 5.06. The highest BCUT2D eigenvalue weighted by Gasteiger charge is 2.30. The first-order chi connectivity index (χ1) is 20.2. The summed E-state index contributed by atoms with van der Waals surface area (Å²) in [6.45, 7) is -1.10. The lowest BCUT2D eigenvalue weighted by molar-refractivity contribution is -0.0499. The Bertz CT molecular complexity index is 1800. The van der Waals surface area contributed by atoms with E-state index >= 15 is 0 Å². The molecule has 0 bridgehead atoms. The van der Waals surface area contributed by atoms with Crippen LogP contribution in [-0.2, 0) is 13.0 Å². The molecule has 2 aromatic heterocycles. The summed E-state index contributed by atoms with van der Waals surface area (Å²) in [5.41, 5.74) is 4.55. The normalized spacial score (nSPS) is 15.4. The van der Waals surface area contributed by atoms with Crippen LogP contribution < -0.4 is 15.4 Å². The molecule has 1 atom stereocenters. The second-order valence-electron chi connectivity index (χ2n) is 10.1. The molecular formula is C31H24F3N4O4. The zero-order valence-electron chi connectivity index (χ0n) is 22.3. The van der Waals surface area contributed by atoms with Crippen molar-refractivity contribution in [1.29, 1.82) is 0 Å². The van der Waals surface area contributed by atoms with Crippen LogP contribution in [0.4, 0.5) is 13.2 Å². The minimum Gasteiger partial charge on any atom is -0.435 e. The third-order valence-electron chi connectivity index (χ3n) is 7.48. The lowest BCUT2D eigenvalue weighted by atomic mass is 9.94. The average molecular weight is 574 g/mol. The number of rotatable bonds is 9. The minimum absolute atomic E-state index is 0.0176. The van der Waals surface area contributed by atoms with E-state index in [-0.39, 0.29) is 40.9 Å². The number of nitrogens with one attached hydrogen (secondary N) is 2. The van der Waals surface area contributed by atoms with Gasteiger partial charge in [-0.3, -0.25) is 14.4 Å². The quantitative estimate of drug-likeness (QED) is 0.273. The van der Waals surface area contributed by atoms with Gasteiger partial charge in [-0.05, 0) is 66.3 Å². The van der Waals surface area contributed by atoms with Crippen LogP contribution in [0.5, 0.6) is 5.75 Å². The van der Waals surface area contributed by atoms with Crippen molar-refractivity contribution < 1.29 is 32.3 Å². The molecule has 0 saturated carbocycles. The summed E-state index contributed by atoms with van der Waals surface area (Å²) in [4.78, 5) is 39.1. The first kappa shape index (κ1) is 27.3. The lowest BCUT2D eigenvalue weighted by Crippen LogP contribution is -2.30. The fourth-order valence-electron chi connectivity index (χ4n) is 5.32. The van der Waals surface area contributed by atoms with Crippen LogP contribution in [0.15, 0.2) is 66.4 Å². The first-order valence-electron chi connectivity index (χ1n) is 13.2. The Morgan fingerprint density at radius 2 is 1.93 bits per heavy atom. The summed E-state index contributed by atoms with van der Waals surface area (Å²) in [7, 11) is 0. The van der Waals surface area contributed by atoms with Gasteiger partial charge in [0.2, 0.25) is 0 Å². The van der Waals surface area contributed by atoms with Crippen LogP contribution >= 0.6 is 0 Å². The standard InChI is InChI=1S/C31H24F3N4O4/c1-16-21-9-10-25(23(21)8-7-22(16)28(39)18-5-6-18)37-30(41)27-13-19(12-26-24(32)15-36-38(26)27)29(40)35-14-17-3-2-4-20(11-17)42-31(33)34/h2-8,11-13,15,25,31H,9-10,14H2,1H3,(H,35,40)(H,37,41)/t25-/m0/s1. The smallest absolute Gasteiger partial charge is 0.387 e. The summed E-state index contributed by atoms with van der Waals surface area (Å²) in [5.74, 6) is -1.94. The number of ether oxygens (including phenoxy) is 1. The van der Waals surface area contributed by atoms with Crippen LogP contribution in [0.25, 0.3) is 5.52 Å². The molecule has 2 aromatic carbocycles. The molecule has 0 fully saturated rings. The molecular weight excluding hydrogens is 549 g/mol. The minimum atomic E-state index is -2.98. The van der Waals surface area contributed by atoms with Gasteiger partial charge in [-0.15, -0.1) is 0 Å². The number of hydrogen-bond donors (Lipinski definition) is 2. The number of aromatic nitrogens is 2. The number of fused-ring (bicyclic) bond motifs is 2. The van der Waals surface area contributed by atoms with Crippen LogP contribution in [0, 0.1) is 19.2 Å². The van der Waals surface area contributed by atoms with E-state index < -0.39 is 24.2 Å². The molecule has 0 aliphatic heterocycles. The van der Waals surface area contributed by atoms with Crippen LogP contribution in [-0.4, -0.2) is 33.8 Å². The highest BCUT2D eigenvalue weighted by molar-refractivity contribution is 6.15. The molecule has 2 N–H and O–H groups in total. The lowest BCUT2D eigenvalue weighted by Gasteiger charge is -2.17. The molecule has 2 aliphatic carbocycles. The Hall–Kier alpha value is -4.93. The van der Waals surface area contributed by atoms with E-state index in [0.29, 0.717) is 29.5 Å². The molecule has 8 nitrogen and oxygen atoms in total. The molecule has 42 heavy (non-hydrogen) atoms. The molecule has 2 aliphatic rings. The largest absolute Gasteiger partial charge is 0.435 e. The summed E-state index contributed by atoms with van der Waals surface area (Å²) in [6, 6.07) is 11.8. The maximum absolute atomic E-state index is 14.6. The molecule has 0 spiro atoms. The van der Waals surface area contributed by atoms with Gasteiger partial charge in [0.1, 0.15) is 17.0 Å². The van der Waals surface area contributed by atoms with Gasteiger partial charge in [0.15, 0.2) is 11.6 Å². The maximum atomic E-state index is 14.6. The van der Waals surface area contributed by atoms with Crippen molar-refractivity contribution in [3.05, 3.63) is 118 Å². The molecule has 0 unspecified atom stereocenters. The Kier molecular flexibility index (Phi) is 7.01. The van der Waals surface area contributed by atoms with Gasteiger partial charge < -0.3 is 15.4 Å². The van der Waals surface area contributed by atoms with Crippen LogP contribution in [0.3, 0.4) is 0 Å². The van der Waals surface area contributed by atoms with Crippen molar-refractivity contribution >= 4 is 23.1 Å². The van der Waals surface area contributed by atoms with Gasteiger partial charge in [0.25, 0.3) is 11.8 Å². The maximum Gasteiger partial charge on any atom is 0.387 e. The second kappa shape index (κ2) is 10.8. The number of benzene rings is 2. The molecule has 6 rings (SSSR count). The number of alkyl halides is 2. The number of Topliss-reactive ketones (excluding diaryl/α,β-unsaturated/α-hetero) is 1. The predicted molar refractivity (Wildman–Crippen MR) is 146 cm³/mol. The topological polar surface area (TPSA) is 102 Å². The van der Waals surface area contributed by atoms with Gasteiger partial charge >= 0.3 is 6.61 Å². The highest BCUT2D eigenvalue weighted by Crippen LogP contribution is 2.36. The molecule has 0 saturated heterocycles. The van der Waals surface area contributed by atoms with E-state index in [9.17, 15) is 27.6 Å². The number of carbonyl (C=O) groups excluding carboxylic acids is 3. The summed E-state index contributed by atoms with van der Waals surface area (Å²) in [6.07, 6.45) is 5.79. The van der Waals surface area contributed by atoms with E-state index in [1.807, 2.05) is 13.0 Å². The van der Waals surface area contributed by atoms with E-state index in [2.05, 4.69) is 20.5 Å². The molecule has 2 heterocycles. The van der Waals surface area contributed by atoms with Gasteiger partial charge in [-0.1, -0.05) is 30.3 Å². The molecule has 1 radical (unpaired) electrons. The van der Waals surface area contributed by atoms with Crippen molar-refractivity contribution in [3.8, 4) is 5.75 Å². The number of ketones is 1. The number of allylic oxidation sites excluding steroid dienone is 2. The number of pyridine rings is 1. The molecule has 213 valence electrons. The Morgan fingerprint density at radius 1 is 1.12 bits per heavy atom. The number of halogens is 3. The fourth-order valence-corrected chi connectivity index (χ4v) is 5.32. The third-order valence-corrected chi connectivity index (χ3v) is 7.48. The highest BCUT2D eigenvalue weighted by atomic mass is 19.3. The van der Waals surface area contributed by atoms with Gasteiger partial charge in [0.05, 0.1) is 12.2 Å². The van der Waals surface area contributed by atoms with E-state index in [4.69, 9.17) is 0 Å². The summed E-state index contributed by atoms with van der Waals surface area (Å²) >= 11 is 0. The van der Waals surface area contributed by atoms with E-state index in [1.54, 1.807) is 24.6 Å². The van der Waals surface area contributed by atoms with Crippen molar-refractivity contribution in [3.63, 3.8) is 0 Å². The first-order valence-corrected chi connectivity index (χ1v) is 13.2. The van der Waals surface area contributed by atoms with Gasteiger partial charge in [-0.25, -0.2) is 8.91 Å².